The summed E-state index contributed by atoms with van der Waals surface area (Å²) in [4.78, 5) is 10.6. The standard InChI is InChI=1S/C15H20N4O2/c1-4-12-9-13(5-2)18(17-12)10-11-8-14(19(20)21)6-7-15(11)16-3/h6-9,16H,4-5,10H2,1-3H3. The molecule has 2 aromatic rings. The van der Waals surface area contributed by atoms with Crippen LogP contribution in [0.25, 0.3) is 0 Å². The second-order valence-electron chi connectivity index (χ2n) is 4.84. The maximum Gasteiger partial charge on any atom is 0.269 e. The molecule has 2 rings (SSSR count). The van der Waals surface area contributed by atoms with Gasteiger partial charge in [-0.1, -0.05) is 13.8 Å². The third kappa shape index (κ3) is 3.21. The molecule has 0 radical (unpaired) electrons. The van der Waals surface area contributed by atoms with Gasteiger partial charge in [0, 0.05) is 36.1 Å². The van der Waals surface area contributed by atoms with Crippen LogP contribution in [0.2, 0.25) is 0 Å². The van der Waals surface area contributed by atoms with E-state index in [4.69, 9.17) is 0 Å². The highest BCUT2D eigenvalue weighted by molar-refractivity contribution is 5.55. The number of anilines is 1. The molecule has 1 N–H and O–H groups in total. The Morgan fingerprint density at radius 1 is 1.29 bits per heavy atom. The van der Waals surface area contributed by atoms with E-state index in [1.165, 1.54) is 6.07 Å². The van der Waals surface area contributed by atoms with E-state index in [2.05, 4.69) is 30.3 Å². The Balaban J connectivity index is 2.39. The molecule has 0 amide bonds. The van der Waals surface area contributed by atoms with Crippen LogP contribution in [0, 0.1) is 10.1 Å². The summed E-state index contributed by atoms with van der Waals surface area (Å²) in [6, 6.07) is 6.95. The third-order valence-electron chi connectivity index (χ3n) is 3.53. The van der Waals surface area contributed by atoms with Crippen LogP contribution in [-0.4, -0.2) is 21.8 Å². The lowest BCUT2D eigenvalue weighted by Crippen LogP contribution is -2.08. The van der Waals surface area contributed by atoms with Gasteiger partial charge >= 0.3 is 0 Å². The van der Waals surface area contributed by atoms with Gasteiger partial charge in [-0.2, -0.15) is 5.10 Å². The molecule has 21 heavy (non-hydrogen) atoms. The molecular weight excluding hydrogens is 268 g/mol. The van der Waals surface area contributed by atoms with Crippen molar-refractivity contribution in [2.24, 2.45) is 0 Å². The Bertz CT molecular complexity index is 649. The Hall–Kier alpha value is -2.37. The van der Waals surface area contributed by atoms with E-state index < -0.39 is 0 Å². The first-order valence-electron chi connectivity index (χ1n) is 7.09. The summed E-state index contributed by atoms with van der Waals surface area (Å²) in [7, 11) is 1.81. The van der Waals surface area contributed by atoms with Gasteiger partial charge in [0.1, 0.15) is 0 Å². The number of nitrogens with one attached hydrogen (secondary N) is 1. The molecule has 6 heteroatoms. The molecule has 1 aromatic heterocycles. The number of hydrogen-bond donors (Lipinski definition) is 1. The van der Waals surface area contributed by atoms with Crippen molar-refractivity contribution >= 4 is 11.4 Å². The van der Waals surface area contributed by atoms with Crippen LogP contribution in [0.15, 0.2) is 24.3 Å². The number of benzene rings is 1. The van der Waals surface area contributed by atoms with Crippen molar-refractivity contribution in [2.75, 3.05) is 12.4 Å². The largest absolute Gasteiger partial charge is 0.388 e. The van der Waals surface area contributed by atoms with Gasteiger partial charge in [-0.05, 0) is 25.0 Å². The minimum Gasteiger partial charge on any atom is -0.388 e. The van der Waals surface area contributed by atoms with Crippen LogP contribution in [-0.2, 0) is 19.4 Å². The fraction of sp³-hybridized carbons (Fsp3) is 0.400. The van der Waals surface area contributed by atoms with E-state index in [9.17, 15) is 10.1 Å². The van der Waals surface area contributed by atoms with Crippen molar-refractivity contribution in [3.05, 3.63) is 51.3 Å². The molecule has 0 saturated heterocycles. The van der Waals surface area contributed by atoms with E-state index >= 15 is 0 Å². The molecule has 0 aliphatic heterocycles. The molecule has 1 heterocycles. The Morgan fingerprint density at radius 2 is 2.05 bits per heavy atom. The zero-order valence-corrected chi connectivity index (χ0v) is 12.6. The van der Waals surface area contributed by atoms with Crippen molar-refractivity contribution in [1.82, 2.24) is 9.78 Å². The van der Waals surface area contributed by atoms with Gasteiger partial charge < -0.3 is 5.32 Å². The smallest absolute Gasteiger partial charge is 0.269 e. The predicted octanol–water partition coefficient (Wildman–Crippen LogP) is 3.01. The SMILES string of the molecule is CCc1cc(CC)n(Cc2cc([N+](=O)[O-])ccc2NC)n1. The molecule has 6 nitrogen and oxygen atoms in total. The number of non-ortho nitro benzene ring substituents is 1. The third-order valence-corrected chi connectivity index (χ3v) is 3.53. The molecule has 1 aromatic carbocycles. The lowest BCUT2D eigenvalue weighted by Gasteiger charge is -2.11. The summed E-state index contributed by atoms with van der Waals surface area (Å²) >= 11 is 0. The van der Waals surface area contributed by atoms with Crippen molar-refractivity contribution < 1.29 is 4.92 Å². The van der Waals surface area contributed by atoms with E-state index in [1.54, 1.807) is 12.1 Å². The van der Waals surface area contributed by atoms with E-state index in [-0.39, 0.29) is 10.6 Å². The molecule has 0 fully saturated rings. The van der Waals surface area contributed by atoms with Crippen LogP contribution in [0.4, 0.5) is 11.4 Å². The predicted molar refractivity (Wildman–Crippen MR) is 82.7 cm³/mol. The van der Waals surface area contributed by atoms with Crippen molar-refractivity contribution in [3.63, 3.8) is 0 Å². The molecule has 0 bridgehead atoms. The fourth-order valence-electron chi connectivity index (χ4n) is 2.34. The average molecular weight is 288 g/mol. The Morgan fingerprint density at radius 3 is 2.62 bits per heavy atom. The highest BCUT2D eigenvalue weighted by Crippen LogP contribution is 2.23. The van der Waals surface area contributed by atoms with Crippen LogP contribution < -0.4 is 5.32 Å². The fourth-order valence-corrected chi connectivity index (χ4v) is 2.34. The van der Waals surface area contributed by atoms with Crippen LogP contribution in [0.1, 0.15) is 30.8 Å². The molecule has 0 spiro atoms. The lowest BCUT2D eigenvalue weighted by atomic mass is 10.1. The van der Waals surface area contributed by atoms with E-state index in [0.29, 0.717) is 6.54 Å². The van der Waals surface area contributed by atoms with Crippen molar-refractivity contribution in [1.29, 1.82) is 0 Å². The second kappa shape index (κ2) is 6.39. The highest BCUT2D eigenvalue weighted by Gasteiger charge is 2.13. The molecule has 0 saturated carbocycles. The summed E-state index contributed by atoms with van der Waals surface area (Å²) in [6.07, 6.45) is 1.77. The first-order valence-corrected chi connectivity index (χ1v) is 7.09. The normalized spacial score (nSPS) is 10.6. The molecule has 0 aliphatic rings. The molecule has 112 valence electrons. The average Bonchev–Trinajstić information content (AvgIpc) is 2.89. The lowest BCUT2D eigenvalue weighted by molar-refractivity contribution is -0.384. The second-order valence-corrected chi connectivity index (χ2v) is 4.84. The van der Waals surface area contributed by atoms with Crippen LogP contribution in [0.5, 0.6) is 0 Å². The Labute approximate surface area is 123 Å². The van der Waals surface area contributed by atoms with E-state index in [0.717, 1.165) is 35.5 Å². The number of rotatable bonds is 6. The zero-order chi connectivity index (χ0) is 15.4. The number of hydrogen-bond acceptors (Lipinski definition) is 4. The van der Waals surface area contributed by atoms with Gasteiger partial charge in [-0.25, -0.2) is 0 Å². The molecule has 0 atom stereocenters. The van der Waals surface area contributed by atoms with Crippen LogP contribution >= 0.6 is 0 Å². The Kier molecular flexibility index (Phi) is 4.57. The molecule has 0 aliphatic carbocycles. The maximum atomic E-state index is 10.9. The molecule has 0 unspecified atom stereocenters. The summed E-state index contributed by atoms with van der Waals surface area (Å²) in [5, 5.41) is 18.6. The summed E-state index contributed by atoms with van der Waals surface area (Å²) in [5.41, 5.74) is 4.04. The van der Waals surface area contributed by atoms with Gasteiger partial charge in [0.25, 0.3) is 5.69 Å². The zero-order valence-electron chi connectivity index (χ0n) is 12.6. The van der Waals surface area contributed by atoms with Crippen LogP contribution in [0.3, 0.4) is 0 Å². The molecular formula is C15H20N4O2. The minimum atomic E-state index is -0.371. The van der Waals surface area contributed by atoms with E-state index in [1.807, 2.05) is 11.7 Å². The number of aryl methyl sites for hydroxylation is 2. The quantitative estimate of drug-likeness (QED) is 0.655. The van der Waals surface area contributed by atoms with Crippen molar-refractivity contribution in [3.8, 4) is 0 Å². The number of nitro groups is 1. The first-order chi connectivity index (χ1) is 10.1. The summed E-state index contributed by atoms with van der Waals surface area (Å²) in [6.45, 7) is 4.68. The summed E-state index contributed by atoms with van der Waals surface area (Å²) in [5.74, 6) is 0. The first kappa shape index (κ1) is 15.0. The van der Waals surface area contributed by atoms with Gasteiger partial charge in [0.05, 0.1) is 17.2 Å². The number of nitrogens with zero attached hydrogens (tertiary/aromatic N) is 3. The van der Waals surface area contributed by atoms with Crippen molar-refractivity contribution in [2.45, 2.75) is 33.2 Å². The monoisotopic (exact) mass is 288 g/mol. The highest BCUT2D eigenvalue weighted by atomic mass is 16.6. The number of nitro benzene ring substituents is 1. The minimum absolute atomic E-state index is 0.102. The van der Waals surface area contributed by atoms with Gasteiger partial charge in [-0.3, -0.25) is 14.8 Å². The van der Waals surface area contributed by atoms with Gasteiger partial charge in [0.15, 0.2) is 0 Å². The summed E-state index contributed by atoms with van der Waals surface area (Å²) < 4.78 is 1.93. The van der Waals surface area contributed by atoms with Gasteiger partial charge in [0.2, 0.25) is 0 Å². The van der Waals surface area contributed by atoms with Gasteiger partial charge in [-0.15, -0.1) is 0 Å². The number of aromatic nitrogens is 2. The maximum absolute atomic E-state index is 10.9. The topological polar surface area (TPSA) is 73.0 Å².